The number of pyridine rings is 1. The summed E-state index contributed by atoms with van der Waals surface area (Å²) in [6.07, 6.45) is 7.34. The molecule has 1 fully saturated rings. The molecule has 160 valence electrons. The van der Waals surface area contributed by atoms with Gasteiger partial charge in [0.1, 0.15) is 0 Å². The van der Waals surface area contributed by atoms with E-state index in [0.717, 1.165) is 45.3 Å². The summed E-state index contributed by atoms with van der Waals surface area (Å²) in [6, 6.07) is 10.8. The van der Waals surface area contributed by atoms with Gasteiger partial charge in [-0.05, 0) is 67.6 Å². The molecular weight excluding hydrogens is 380 g/mol. The molecule has 7 heteroatoms. The minimum absolute atomic E-state index is 0.172. The van der Waals surface area contributed by atoms with Gasteiger partial charge >= 0.3 is 12.0 Å². The number of amides is 2. The third kappa shape index (κ3) is 6.84. The van der Waals surface area contributed by atoms with Crippen LogP contribution in [0.5, 0.6) is 0 Å². The summed E-state index contributed by atoms with van der Waals surface area (Å²) in [4.78, 5) is 30.6. The summed E-state index contributed by atoms with van der Waals surface area (Å²) in [6.45, 7) is 5.33. The number of piperidine rings is 1. The fraction of sp³-hybridized carbons (Fsp3) is 0.435. The third-order valence-corrected chi connectivity index (χ3v) is 5.20. The summed E-state index contributed by atoms with van der Waals surface area (Å²) in [5.74, 6) is -0.344. The van der Waals surface area contributed by atoms with Gasteiger partial charge < -0.3 is 20.3 Å². The lowest BCUT2D eigenvalue weighted by atomic mass is 10.0. The van der Waals surface area contributed by atoms with Gasteiger partial charge in [0.05, 0.1) is 12.2 Å². The van der Waals surface area contributed by atoms with Crippen molar-refractivity contribution in [1.29, 1.82) is 0 Å². The first kappa shape index (κ1) is 21.8. The molecular formula is C23H30N4O3. The smallest absolute Gasteiger partial charge is 0.338 e. The van der Waals surface area contributed by atoms with E-state index in [0.29, 0.717) is 17.9 Å². The number of urea groups is 1. The van der Waals surface area contributed by atoms with Crippen LogP contribution in [0, 0.1) is 0 Å². The topological polar surface area (TPSA) is 83.6 Å². The highest BCUT2D eigenvalue weighted by atomic mass is 16.5. The van der Waals surface area contributed by atoms with Crippen molar-refractivity contribution in [2.75, 3.05) is 31.6 Å². The molecule has 0 aliphatic carbocycles. The van der Waals surface area contributed by atoms with E-state index in [9.17, 15) is 9.59 Å². The molecule has 2 heterocycles. The van der Waals surface area contributed by atoms with E-state index in [1.54, 1.807) is 24.3 Å². The Bertz CT molecular complexity index is 803. The summed E-state index contributed by atoms with van der Waals surface area (Å²) < 4.78 is 5.10. The maximum Gasteiger partial charge on any atom is 0.338 e. The summed E-state index contributed by atoms with van der Waals surface area (Å²) in [5.41, 5.74) is 2.43. The van der Waals surface area contributed by atoms with Gasteiger partial charge in [0.15, 0.2) is 0 Å². The predicted molar refractivity (Wildman–Crippen MR) is 117 cm³/mol. The van der Waals surface area contributed by atoms with Crippen LogP contribution in [-0.4, -0.2) is 54.2 Å². The van der Waals surface area contributed by atoms with E-state index in [1.807, 2.05) is 19.3 Å². The molecule has 1 aliphatic rings. The molecule has 0 bridgehead atoms. The lowest BCUT2D eigenvalue weighted by Gasteiger charge is -2.32. The van der Waals surface area contributed by atoms with Crippen molar-refractivity contribution in [3.8, 4) is 0 Å². The minimum atomic E-state index is -0.344. The quantitative estimate of drug-likeness (QED) is 0.651. The van der Waals surface area contributed by atoms with Gasteiger partial charge in [-0.15, -0.1) is 0 Å². The van der Waals surface area contributed by atoms with Crippen LogP contribution in [0.3, 0.4) is 0 Å². The summed E-state index contributed by atoms with van der Waals surface area (Å²) in [7, 11) is 0. The summed E-state index contributed by atoms with van der Waals surface area (Å²) >= 11 is 0. The highest BCUT2D eigenvalue weighted by Gasteiger charge is 2.20. The molecule has 30 heavy (non-hydrogen) atoms. The van der Waals surface area contributed by atoms with E-state index >= 15 is 0 Å². The Hall–Kier alpha value is -2.93. The van der Waals surface area contributed by atoms with E-state index in [2.05, 4.69) is 32.7 Å². The summed E-state index contributed by atoms with van der Waals surface area (Å²) in [5, 5.41) is 5.89. The second-order valence-electron chi connectivity index (χ2n) is 7.53. The molecule has 0 spiro atoms. The van der Waals surface area contributed by atoms with Gasteiger partial charge in [0.25, 0.3) is 0 Å². The lowest BCUT2D eigenvalue weighted by Crippen LogP contribution is -2.46. The standard InChI is InChI=1S/C23H30N4O3/c1-2-17-30-22(28)19-3-5-20(6-4-19)25-23(29)26-21-10-15-27(16-11-21)14-9-18-7-12-24-13-8-18/h3-8,12-13,21H,2,9-11,14-17H2,1H3,(H2,25,26,29). The molecule has 7 nitrogen and oxygen atoms in total. The first-order valence-corrected chi connectivity index (χ1v) is 10.6. The molecule has 1 aliphatic heterocycles. The largest absolute Gasteiger partial charge is 0.462 e. The fourth-order valence-electron chi connectivity index (χ4n) is 3.46. The van der Waals surface area contributed by atoms with Crippen molar-refractivity contribution in [3.63, 3.8) is 0 Å². The van der Waals surface area contributed by atoms with E-state index in [-0.39, 0.29) is 18.0 Å². The maximum absolute atomic E-state index is 12.3. The van der Waals surface area contributed by atoms with Crippen molar-refractivity contribution >= 4 is 17.7 Å². The van der Waals surface area contributed by atoms with Crippen LogP contribution < -0.4 is 10.6 Å². The number of likely N-dealkylation sites (tertiary alicyclic amines) is 1. The van der Waals surface area contributed by atoms with Crippen LogP contribution in [0.15, 0.2) is 48.8 Å². The number of hydrogen-bond acceptors (Lipinski definition) is 5. The van der Waals surface area contributed by atoms with Crippen LogP contribution in [0.25, 0.3) is 0 Å². The zero-order valence-electron chi connectivity index (χ0n) is 17.5. The number of benzene rings is 1. The number of hydrogen-bond donors (Lipinski definition) is 2. The monoisotopic (exact) mass is 410 g/mol. The van der Waals surface area contributed by atoms with Gasteiger partial charge in [-0.2, -0.15) is 0 Å². The molecule has 2 N–H and O–H groups in total. The average molecular weight is 411 g/mol. The molecule has 0 unspecified atom stereocenters. The predicted octanol–water partition coefficient (Wildman–Crippen LogP) is 3.48. The molecule has 3 rings (SSSR count). The van der Waals surface area contributed by atoms with Crippen molar-refractivity contribution in [1.82, 2.24) is 15.2 Å². The van der Waals surface area contributed by atoms with Gasteiger partial charge in [0.2, 0.25) is 0 Å². The Morgan fingerprint density at radius 1 is 1.10 bits per heavy atom. The molecule has 1 aromatic carbocycles. The number of carbonyl (C=O) groups is 2. The van der Waals surface area contributed by atoms with E-state index in [4.69, 9.17) is 4.74 Å². The molecule has 0 radical (unpaired) electrons. The van der Waals surface area contributed by atoms with Crippen LogP contribution in [-0.2, 0) is 11.2 Å². The normalized spacial score (nSPS) is 14.8. The number of ether oxygens (including phenoxy) is 1. The van der Waals surface area contributed by atoms with Crippen LogP contribution >= 0.6 is 0 Å². The van der Waals surface area contributed by atoms with Crippen molar-refractivity contribution in [2.24, 2.45) is 0 Å². The van der Waals surface area contributed by atoms with Crippen LogP contribution in [0.2, 0.25) is 0 Å². The van der Waals surface area contributed by atoms with Crippen molar-refractivity contribution < 1.29 is 14.3 Å². The van der Waals surface area contributed by atoms with Gasteiger partial charge in [-0.1, -0.05) is 6.92 Å². The number of anilines is 1. The van der Waals surface area contributed by atoms with Gasteiger partial charge in [0, 0.05) is 43.8 Å². The average Bonchev–Trinajstić information content (AvgIpc) is 2.78. The first-order valence-electron chi connectivity index (χ1n) is 10.6. The molecule has 0 atom stereocenters. The SMILES string of the molecule is CCCOC(=O)c1ccc(NC(=O)NC2CCN(CCc3ccncc3)CC2)cc1. The molecule has 1 aromatic heterocycles. The van der Waals surface area contributed by atoms with Crippen molar-refractivity contribution in [2.45, 2.75) is 38.6 Å². The number of rotatable bonds is 8. The van der Waals surface area contributed by atoms with E-state index in [1.165, 1.54) is 5.56 Å². The Balaban J connectivity index is 1.37. The third-order valence-electron chi connectivity index (χ3n) is 5.20. The number of nitrogens with one attached hydrogen (secondary N) is 2. The van der Waals surface area contributed by atoms with Crippen LogP contribution in [0.1, 0.15) is 42.1 Å². The molecule has 2 aromatic rings. The van der Waals surface area contributed by atoms with Crippen LogP contribution in [0.4, 0.5) is 10.5 Å². The zero-order valence-corrected chi connectivity index (χ0v) is 17.5. The number of carbonyl (C=O) groups excluding carboxylic acids is 2. The second kappa shape index (κ2) is 11.3. The zero-order chi connectivity index (χ0) is 21.2. The van der Waals surface area contributed by atoms with Gasteiger partial charge in [-0.25, -0.2) is 9.59 Å². The second-order valence-corrected chi connectivity index (χ2v) is 7.53. The van der Waals surface area contributed by atoms with Gasteiger partial charge in [-0.3, -0.25) is 4.98 Å². The Labute approximate surface area is 177 Å². The number of nitrogens with zero attached hydrogens (tertiary/aromatic N) is 2. The number of aromatic nitrogens is 1. The highest BCUT2D eigenvalue weighted by molar-refractivity contribution is 5.92. The Kier molecular flexibility index (Phi) is 8.20. The maximum atomic E-state index is 12.3. The lowest BCUT2D eigenvalue weighted by molar-refractivity contribution is 0.0505. The molecule has 1 saturated heterocycles. The molecule has 2 amide bonds. The highest BCUT2D eigenvalue weighted by Crippen LogP contribution is 2.13. The number of esters is 1. The van der Waals surface area contributed by atoms with E-state index < -0.39 is 0 Å². The Morgan fingerprint density at radius 2 is 1.80 bits per heavy atom. The molecule has 0 saturated carbocycles. The first-order chi connectivity index (χ1) is 14.6. The van der Waals surface area contributed by atoms with Crippen molar-refractivity contribution in [3.05, 3.63) is 59.9 Å². The fourth-order valence-corrected chi connectivity index (χ4v) is 3.46. The minimum Gasteiger partial charge on any atom is -0.462 e. The Morgan fingerprint density at radius 3 is 2.47 bits per heavy atom.